The molecule has 0 aliphatic carbocycles. The summed E-state index contributed by atoms with van der Waals surface area (Å²) >= 11 is 0. The highest BCUT2D eigenvalue weighted by atomic mass is 16.5. The van der Waals surface area contributed by atoms with Crippen LogP contribution >= 0.6 is 0 Å². The van der Waals surface area contributed by atoms with Gasteiger partial charge in [0.05, 0.1) is 6.61 Å². The van der Waals surface area contributed by atoms with Crippen LogP contribution in [0.4, 0.5) is 0 Å². The van der Waals surface area contributed by atoms with Crippen LogP contribution in [-0.2, 0) is 4.74 Å². The van der Waals surface area contributed by atoms with Crippen molar-refractivity contribution in [3.8, 4) is 5.75 Å². The average Bonchev–Trinajstić information content (AvgIpc) is 2.42. The molecule has 2 aromatic rings. The maximum absolute atomic E-state index is 11.9. The predicted octanol–water partition coefficient (Wildman–Crippen LogP) is 3.67. The Balaban J connectivity index is 2.17. The molecule has 3 nitrogen and oxygen atoms in total. The summed E-state index contributed by atoms with van der Waals surface area (Å²) < 4.78 is 5.11. The first-order valence-electron chi connectivity index (χ1n) is 6.22. The van der Waals surface area contributed by atoms with E-state index in [1.807, 2.05) is 24.3 Å². The maximum Gasteiger partial charge on any atom is 0.341 e. The Morgan fingerprint density at radius 3 is 2.63 bits per heavy atom. The Hall–Kier alpha value is -2.29. The third kappa shape index (κ3) is 3.13. The molecule has 3 heteroatoms. The van der Waals surface area contributed by atoms with Gasteiger partial charge < -0.3 is 9.84 Å². The molecule has 0 atom stereocenters. The fourth-order valence-electron chi connectivity index (χ4n) is 1.86. The minimum Gasteiger partial charge on any atom is -0.507 e. The number of ether oxygens (including phenoxy) is 1. The zero-order valence-corrected chi connectivity index (χ0v) is 10.6. The molecule has 0 radical (unpaired) electrons. The summed E-state index contributed by atoms with van der Waals surface area (Å²) in [4.78, 5) is 11.9. The van der Waals surface area contributed by atoms with Gasteiger partial charge in [-0.2, -0.15) is 0 Å². The second kappa shape index (κ2) is 6.05. The molecule has 19 heavy (non-hydrogen) atoms. The summed E-state index contributed by atoms with van der Waals surface area (Å²) in [7, 11) is 0. The number of rotatable bonds is 5. The van der Waals surface area contributed by atoms with Gasteiger partial charge in [0.15, 0.2) is 0 Å². The van der Waals surface area contributed by atoms with E-state index in [-0.39, 0.29) is 11.3 Å². The number of benzene rings is 2. The molecule has 1 N–H and O–H groups in total. The molecule has 98 valence electrons. The highest BCUT2D eigenvalue weighted by Crippen LogP contribution is 2.25. The summed E-state index contributed by atoms with van der Waals surface area (Å²) in [5.74, 6) is -0.542. The molecule has 2 rings (SSSR count). The number of esters is 1. The van der Waals surface area contributed by atoms with E-state index in [1.165, 1.54) is 0 Å². The molecular formula is C16H16O3. The Morgan fingerprint density at radius 2 is 1.95 bits per heavy atom. The van der Waals surface area contributed by atoms with E-state index >= 15 is 0 Å². The monoisotopic (exact) mass is 256 g/mol. The van der Waals surface area contributed by atoms with Gasteiger partial charge in [-0.05, 0) is 35.7 Å². The van der Waals surface area contributed by atoms with Crippen molar-refractivity contribution in [1.82, 2.24) is 0 Å². The molecular weight excluding hydrogens is 240 g/mol. The first-order chi connectivity index (χ1) is 9.22. The fraction of sp³-hybridized carbons (Fsp3) is 0.188. The summed E-state index contributed by atoms with van der Waals surface area (Å²) in [6, 6.07) is 10.8. The number of carbonyl (C=O) groups excluding carboxylic acids is 1. The lowest BCUT2D eigenvalue weighted by Gasteiger charge is -2.07. The highest BCUT2D eigenvalue weighted by molar-refractivity contribution is 5.98. The van der Waals surface area contributed by atoms with Gasteiger partial charge in [0.1, 0.15) is 11.3 Å². The van der Waals surface area contributed by atoms with Crippen LogP contribution in [0, 0.1) is 0 Å². The largest absolute Gasteiger partial charge is 0.507 e. The third-order valence-corrected chi connectivity index (χ3v) is 2.87. The number of hydrogen-bond donors (Lipinski definition) is 1. The molecule has 0 bridgehead atoms. The van der Waals surface area contributed by atoms with Crippen molar-refractivity contribution in [2.45, 2.75) is 12.8 Å². The number of aromatic hydroxyl groups is 1. The molecule has 0 saturated heterocycles. The highest BCUT2D eigenvalue weighted by Gasteiger charge is 2.13. The van der Waals surface area contributed by atoms with Crippen LogP contribution in [-0.4, -0.2) is 17.7 Å². The summed E-state index contributed by atoms with van der Waals surface area (Å²) in [5.41, 5.74) is 0.206. The average molecular weight is 256 g/mol. The van der Waals surface area contributed by atoms with Gasteiger partial charge in [0.25, 0.3) is 0 Å². The minimum absolute atomic E-state index is 0.0487. The second-order valence-electron chi connectivity index (χ2n) is 4.28. The van der Waals surface area contributed by atoms with Crippen molar-refractivity contribution in [3.63, 3.8) is 0 Å². The molecule has 0 spiro atoms. The zero-order valence-electron chi connectivity index (χ0n) is 10.6. The fourth-order valence-corrected chi connectivity index (χ4v) is 1.86. The van der Waals surface area contributed by atoms with Crippen LogP contribution in [0.2, 0.25) is 0 Å². The standard InChI is InChI=1S/C16H16O3/c1-2-3-6-9-19-16(18)14-10-12-7-4-5-8-13(12)11-15(14)17/h2,4-5,7-8,10-11,17H,1,3,6,9H2. The number of hydrogen-bond acceptors (Lipinski definition) is 3. The molecule has 0 heterocycles. The number of allylic oxidation sites excluding steroid dienone is 1. The van der Waals surface area contributed by atoms with E-state index in [0.29, 0.717) is 6.61 Å². The van der Waals surface area contributed by atoms with Crippen molar-refractivity contribution in [2.24, 2.45) is 0 Å². The number of phenols is 1. The molecule has 0 aliphatic heterocycles. The van der Waals surface area contributed by atoms with Crippen LogP contribution in [0.25, 0.3) is 10.8 Å². The number of phenolic OH excluding ortho intramolecular Hbond substituents is 1. The van der Waals surface area contributed by atoms with Crippen molar-refractivity contribution in [2.75, 3.05) is 6.61 Å². The Labute approximate surface area is 112 Å². The first kappa shape index (κ1) is 13.1. The first-order valence-corrected chi connectivity index (χ1v) is 6.22. The lowest BCUT2D eigenvalue weighted by molar-refractivity contribution is 0.0498. The van der Waals surface area contributed by atoms with Crippen molar-refractivity contribution < 1.29 is 14.6 Å². The number of unbranched alkanes of at least 4 members (excludes halogenated alkanes) is 1. The van der Waals surface area contributed by atoms with Gasteiger partial charge in [0, 0.05) is 0 Å². The minimum atomic E-state index is -0.493. The number of carbonyl (C=O) groups is 1. The van der Waals surface area contributed by atoms with Gasteiger partial charge in [-0.25, -0.2) is 4.79 Å². The Kier molecular flexibility index (Phi) is 4.18. The second-order valence-corrected chi connectivity index (χ2v) is 4.28. The van der Waals surface area contributed by atoms with Crippen LogP contribution in [0.3, 0.4) is 0 Å². The molecule has 0 unspecified atom stereocenters. The summed E-state index contributed by atoms with van der Waals surface area (Å²) in [5, 5.41) is 11.7. The van der Waals surface area contributed by atoms with E-state index in [2.05, 4.69) is 6.58 Å². The van der Waals surface area contributed by atoms with Gasteiger partial charge in [-0.1, -0.05) is 30.3 Å². The summed E-state index contributed by atoms with van der Waals surface area (Å²) in [6.07, 6.45) is 3.32. The van der Waals surface area contributed by atoms with E-state index < -0.39 is 5.97 Å². The van der Waals surface area contributed by atoms with E-state index in [1.54, 1.807) is 18.2 Å². The predicted molar refractivity (Wildman–Crippen MR) is 75.3 cm³/mol. The zero-order chi connectivity index (χ0) is 13.7. The van der Waals surface area contributed by atoms with Crippen LogP contribution in [0.5, 0.6) is 5.75 Å². The quantitative estimate of drug-likeness (QED) is 0.504. The third-order valence-electron chi connectivity index (χ3n) is 2.87. The summed E-state index contributed by atoms with van der Waals surface area (Å²) in [6.45, 7) is 3.93. The SMILES string of the molecule is C=CCCCOC(=O)c1cc2ccccc2cc1O. The van der Waals surface area contributed by atoms with Crippen LogP contribution in [0.1, 0.15) is 23.2 Å². The Bertz CT molecular complexity index is 602. The van der Waals surface area contributed by atoms with Crippen molar-refractivity contribution in [1.29, 1.82) is 0 Å². The lowest BCUT2D eigenvalue weighted by Crippen LogP contribution is -2.06. The Morgan fingerprint density at radius 1 is 1.26 bits per heavy atom. The topological polar surface area (TPSA) is 46.5 Å². The van der Waals surface area contributed by atoms with Gasteiger partial charge in [-0.3, -0.25) is 0 Å². The van der Waals surface area contributed by atoms with Crippen LogP contribution < -0.4 is 0 Å². The smallest absolute Gasteiger partial charge is 0.341 e. The molecule has 0 aromatic heterocycles. The van der Waals surface area contributed by atoms with Crippen molar-refractivity contribution >= 4 is 16.7 Å². The molecule has 0 fully saturated rings. The molecule has 2 aromatic carbocycles. The number of fused-ring (bicyclic) bond motifs is 1. The van der Waals surface area contributed by atoms with Crippen LogP contribution in [0.15, 0.2) is 49.1 Å². The van der Waals surface area contributed by atoms with E-state index in [4.69, 9.17) is 4.74 Å². The van der Waals surface area contributed by atoms with Gasteiger partial charge >= 0.3 is 5.97 Å². The lowest BCUT2D eigenvalue weighted by atomic mass is 10.1. The van der Waals surface area contributed by atoms with Gasteiger partial charge in [0.2, 0.25) is 0 Å². The molecule has 0 aliphatic rings. The maximum atomic E-state index is 11.9. The molecule has 0 saturated carbocycles. The van der Waals surface area contributed by atoms with E-state index in [9.17, 15) is 9.90 Å². The van der Waals surface area contributed by atoms with Gasteiger partial charge in [-0.15, -0.1) is 6.58 Å². The normalized spacial score (nSPS) is 10.3. The van der Waals surface area contributed by atoms with Crippen molar-refractivity contribution in [3.05, 3.63) is 54.6 Å². The molecule has 0 amide bonds. The van der Waals surface area contributed by atoms with E-state index in [0.717, 1.165) is 23.6 Å².